The SMILES string of the molecule is CC(=O)c1c(C)[nH]c(C(=O)[C@@H](C)OC(=O)C2CCCCC2)c1C. The van der Waals surface area contributed by atoms with Crippen molar-refractivity contribution in [3.8, 4) is 0 Å². The number of aryl methyl sites for hydroxylation is 1. The molecule has 1 saturated carbocycles. The van der Waals surface area contributed by atoms with Crippen molar-refractivity contribution in [1.29, 1.82) is 0 Å². The number of hydrogen-bond acceptors (Lipinski definition) is 4. The molecule has 126 valence electrons. The first-order chi connectivity index (χ1) is 10.8. The third kappa shape index (κ3) is 3.71. The normalized spacial score (nSPS) is 16.9. The van der Waals surface area contributed by atoms with Gasteiger partial charge >= 0.3 is 5.97 Å². The lowest BCUT2D eigenvalue weighted by Gasteiger charge is -2.21. The summed E-state index contributed by atoms with van der Waals surface area (Å²) in [6, 6.07) is 0. The Hall–Kier alpha value is -1.91. The zero-order valence-electron chi connectivity index (χ0n) is 14.3. The van der Waals surface area contributed by atoms with Crippen LogP contribution in [-0.2, 0) is 9.53 Å². The van der Waals surface area contributed by atoms with Gasteiger partial charge in [-0.2, -0.15) is 0 Å². The van der Waals surface area contributed by atoms with Gasteiger partial charge in [-0.3, -0.25) is 14.4 Å². The van der Waals surface area contributed by atoms with Crippen LogP contribution in [0.4, 0.5) is 0 Å². The van der Waals surface area contributed by atoms with Gasteiger partial charge in [0, 0.05) is 11.3 Å². The van der Waals surface area contributed by atoms with Gasteiger partial charge in [-0.25, -0.2) is 0 Å². The molecule has 1 aliphatic carbocycles. The van der Waals surface area contributed by atoms with E-state index in [4.69, 9.17) is 4.74 Å². The maximum absolute atomic E-state index is 12.6. The number of esters is 1. The van der Waals surface area contributed by atoms with Gasteiger partial charge in [0.2, 0.25) is 5.78 Å². The maximum Gasteiger partial charge on any atom is 0.309 e. The van der Waals surface area contributed by atoms with Gasteiger partial charge in [-0.15, -0.1) is 0 Å². The monoisotopic (exact) mass is 319 g/mol. The summed E-state index contributed by atoms with van der Waals surface area (Å²) in [7, 11) is 0. The molecule has 1 aromatic rings. The zero-order chi connectivity index (χ0) is 17.1. The first-order valence-electron chi connectivity index (χ1n) is 8.27. The van der Waals surface area contributed by atoms with E-state index in [1.807, 2.05) is 0 Å². The molecule has 5 heteroatoms. The Morgan fingerprint density at radius 3 is 2.26 bits per heavy atom. The van der Waals surface area contributed by atoms with E-state index in [9.17, 15) is 14.4 Å². The molecule has 0 unspecified atom stereocenters. The van der Waals surface area contributed by atoms with E-state index in [1.54, 1.807) is 20.8 Å². The van der Waals surface area contributed by atoms with Crippen molar-refractivity contribution < 1.29 is 19.1 Å². The Bertz CT molecular complexity index is 623. The summed E-state index contributed by atoms with van der Waals surface area (Å²) < 4.78 is 5.38. The second kappa shape index (κ2) is 7.11. The van der Waals surface area contributed by atoms with Gasteiger partial charge < -0.3 is 9.72 Å². The molecule has 1 heterocycles. The lowest BCUT2D eigenvalue weighted by molar-refractivity contribution is -0.152. The number of hydrogen-bond donors (Lipinski definition) is 1. The lowest BCUT2D eigenvalue weighted by atomic mass is 9.89. The van der Waals surface area contributed by atoms with Crippen molar-refractivity contribution in [2.75, 3.05) is 0 Å². The van der Waals surface area contributed by atoms with Crippen LogP contribution in [0.2, 0.25) is 0 Å². The maximum atomic E-state index is 12.6. The highest BCUT2D eigenvalue weighted by Gasteiger charge is 2.29. The second-order valence-electron chi connectivity index (χ2n) is 6.46. The number of carbonyl (C=O) groups is 3. The second-order valence-corrected chi connectivity index (χ2v) is 6.46. The van der Waals surface area contributed by atoms with Crippen molar-refractivity contribution in [1.82, 2.24) is 4.98 Å². The van der Waals surface area contributed by atoms with Crippen LogP contribution in [0.15, 0.2) is 0 Å². The van der Waals surface area contributed by atoms with Crippen LogP contribution in [0.3, 0.4) is 0 Å². The number of aromatic nitrogens is 1. The van der Waals surface area contributed by atoms with Crippen LogP contribution >= 0.6 is 0 Å². The van der Waals surface area contributed by atoms with E-state index >= 15 is 0 Å². The van der Waals surface area contributed by atoms with Crippen molar-refractivity contribution in [2.45, 2.75) is 65.9 Å². The summed E-state index contributed by atoms with van der Waals surface area (Å²) >= 11 is 0. The average Bonchev–Trinajstić information content (AvgIpc) is 2.82. The average molecular weight is 319 g/mol. The van der Waals surface area contributed by atoms with Crippen molar-refractivity contribution in [3.63, 3.8) is 0 Å². The van der Waals surface area contributed by atoms with Crippen molar-refractivity contribution in [3.05, 3.63) is 22.5 Å². The molecule has 1 aliphatic rings. The van der Waals surface area contributed by atoms with E-state index in [-0.39, 0.29) is 23.5 Å². The first kappa shape index (κ1) is 17.4. The number of H-pyrrole nitrogens is 1. The molecule has 23 heavy (non-hydrogen) atoms. The predicted octanol–water partition coefficient (Wildman–Crippen LogP) is 3.53. The van der Waals surface area contributed by atoms with Gasteiger partial charge in [0.15, 0.2) is 11.9 Å². The third-order valence-electron chi connectivity index (χ3n) is 4.64. The van der Waals surface area contributed by atoms with Crippen LogP contribution in [-0.4, -0.2) is 28.6 Å². The summed E-state index contributed by atoms with van der Waals surface area (Å²) in [5.41, 5.74) is 2.19. The molecule has 5 nitrogen and oxygen atoms in total. The predicted molar refractivity (Wildman–Crippen MR) is 86.7 cm³/mol. The lowest BCUT2D eigenvalue weighted by Crippen LogP contribution is -2.29. The van der Waals surface area contributed by atoms with Gasteiger partial charge in [0.1, 0.15) is 0 Å². The fraction of sp³-hybridized carbons (Fsp3) is 0.611. The van der Waals surface area contributed by atoms with E-state index in [0.29, 0.717) is 22.5 Å². The van der Waals surface area contributed by atoms with E-state index in [0.717, 1.165) is 32.1 Å². The number of rotatable bonds is 5. The number of Topliss-reactive ketones (excluding diaryl/α,β-unsaturated/α-hetero) is 2. The first-order valence-corrected chi connectivity index (χ1v) is 8.27. The van der Waals surface area contributed by atoms with Crippen molar-refractivity contribution >= 4 is 17.5 Å². The fourth-order valence-corrected chi connectivity index (χ4v) is 3.39. The summed E-state index contributed by atoms with van der Waals surface area (Å²) in [4.78, 5) is 39.3. The number of nitrogens with one attached hydrogen (secondary N) is 1. The Morgan fingerprint density at radius 2 is 1.74 bits per heavy atom. The minimum Gasteiger partial charge on any atom is -0.454 e. The highest BCUT2D eigenvalue weighted by atomic mass is 16.5. The largest absolute Gasteiger partial charge is 0.454 e. The number of aromatic amines is 1. The molecule has 0 aromatic carbocycles. The smallest absolute Gasteiger partial charge is 0.309 e. The van der Waals surface area contributed by atoms with E-state index < -0.39 is 6.10 Å². The zero-order valence-corrected chi connectivity index (χ0v) is 14.3. The molecule has 1 N–H and O–H groups in total. The molecule has 1 atom stereocenters. The molecule has 2 rings (SSSR count). The van der Waals surface area contributed by atoms with Gasteiger partial charge in [-0.05, 0) is 46.1 Å². The molecule has 0 aliphatic heterocycles. The highest BCUT2D eigenvalue weighted by molar-refractivity contribution is 6.05. The van der Waals surface area contributed by atoms with Crippen LogP contribution in [0, 0.1) is 19.8 Å². The Morgan fingerprint density at radius 1 is 1.13 bits per heavy atom. The molecular formula is C18H25NO4. The summed E-state index contributed by atoms with van der Waals surface area (Å²) in [5.74, 6) is -0.735. The van der Waals surface area contributed by atoms with Crippen LogP contribution in [0.25, 0.3) is 0 Å². The Kier molecular flexibility index (Phi) is 5.39. The van der Waals surface area contributed by atoms with E-state index in [1.165, 1.54) is 6.92 Å². The molecule has 0 saturated heterocycles. The van der Waals surface area contributed by atoms with Gasteiger partial charge in [0.25, 0.3) is 0 Å². The van der Waals surface area contributed by atoms with Crippen molar-refractivity contribution in [2.24, 2.45) is 5.92 Å². The quantitative estimate of drug-likeness (QED) is 0.665. The summed E-state index contributed by atoms with van der Waals surface area (Å²) in [6.45, 7) is 6.57. The third-order valence-corrected chi connectivity index (χ3v) is 4.64. The molecule has 1 aromatic heterocycles. The fourth-order valence-electron chi connectivity index (χ4n) is 3.39. The van der Waals surface area contributed by atoms with Crippen LogP contribution < -0.4 is 0 Å². The highest BCUT2D eigenvalue weighted by Crippen LogP contribution is 2.26. The molecule has 0 radical (unpaired) electrons. The number of ketones is 2. The minimum absolute atomic E-state index is 0.0813. The van der Waals surface area contributed by atoms with Gasteiger partial charge in [-0.1, -0.05) is 19.3 Å². The topological polar surface area (TPSA) is 76.2 Å². The molecule has 0 spiro atoms. The molecule has 0 bridgehead atoms. The summed E-state index contributed by atoms with van der Waals surface area (Å²) in [6.07, 6.45) is 4.08. The number of ether oxygens (including phenoxy) is 1. The standard InChI is InChI=1S/C18H25NO4/c1-10-15(12(3)20)11(2)19-16(10)17(21)13(4)23-18(22)14-8-6-5-7-9-14/h13-14,19H,5-9H2,1-4H3/t13-/m1/s1. The molecule has 1 fully saturated rings. The Balaban J connectivity index is 2.09. The molecule has 0 amide bonds. The van der Waals surface area contributed by atoms with Gasteiger partial charge in [0.05, 0.1) is 11.6 Å². The van der Waals surface area contributed by atoms with Crippen LogP contribution in [0.1, 0.15) is 78.1 Å². The summed E-state index contributed by atoms with van der Waals surface area (Å²) in [5, 5.41) is 0. The minimum atomic E-state index is -0.846. The van der Waals surface area contributed by atoms with Crippen LogP contribution in [0.5, 0.6) is 0 Å². The molecular weight excluding hydrogens is 294 g/mol. The van der Waals surface area contributed by atoms with E-state index in [2.05, 4.69) is 4.98 Å². The number of carbonyl (C=O) groups excluding carboxylic acids is 3. The Labute approximate surface area is 136 Å².